The largest absolute Gasteiger partial charge is 0.334 e. The van der Waals surface area contributed by atoms with Gasteiger partial charge in [-0.05, 0) is 61.0 Å². The van der Waals surface area contributed by atoms with Gasteiger partial charge in [0.25, 0.3) is 5.91 Å². The highest BCUT2D eigenvalue weighted by atomic mass is 35.5. The number of nitrogens with one attached hydrogen (secondary N) is 1. The molecule has 1 aromatic heterocycles. The Labute approximate surface area is 164 Å². The first-order chi connectivity index (χ1) is 12.1. The van der Waals surface area contributed by atoms with Gasteiger partial charge in [0, 0.05) is 35.6 Å². The second kappa shape index (κ2) is 9.16. The molecule has 2 aromatic rings. The zero-order valence-electron chi connectivity index (χ0n) is 14.8. The summed E-state index contributed by atoms with van der Waals surface area (Å²) in [6, 6.07) is 7.58. The van der Waals surface area contributed by atoms with E-state index in [0.29, 0.717) is 37.2 Å². The Morgan fingerprint density at radius 3 is 2.88 bits per heavy atom. The maximum Gasteiger partial charge on any atom is 0.254 e. The van der Waals surface area contributed by atoms with E-state index in [0.717, 1.165) is 18.5 Å². The predicted molar refractivity (Wildman–Crippen MR) is 108 cm³/mol. The lowest BCUT2D eigenvalue weighted by Crippen LogP contribution is -2.35. The summed E-state index contributed by atoms with van der Waals surface area (Å²) in [6.45, 7) is 3.76. The lowest BCUT2D eigenvalue weighted by molar-refractivity contribution is -0.116. The number of fused-ring (bicyclic) bond motifs is 1. The molecule has 2 heterocycles. The summed E-state index contributed by atoms with van der Waals surface area (Å²) < 4.78 is 0. The molecule has 0 saturated heterocycles. The van der Waals surface area contributed by atoms with Gasteiger partial charge in [0.15, 0.2) is 0 Å². The summed E-state index contributed by atoms with van der Waals surface area (Å²) in [7, 11) is 0. The molecule has 0 radical (unpaired) electrons. The van der Waals surface area contributed by atoms with Gasteiger partial charge in [0.05, 0.1) is 0 Å². The molecular formula is C19H24ClN3O2S. The maximum absolute atomic E-state index is 13.0. The summed E-state index contributed by atoms with van der Waals surface area (Å²) in [5, 5.41) is 4.98. The molecule has 0 bridgehead atoms. The molecule has 3 N–H and O–H groups in total. The predicted octanol–water partition coefficient (Wildman–Crippen LogP) is 3.35. The summed E-state index contributed by atoms with van der Waals surface area (Å²) in [5.41, 5.74) is 8.84. The summed E-state index contributed by atoms with van der Waals surface area (Å²) in [5.74, 6) is -0.0496. The van der Waals surface area contributed by atoms with Crippen LogP contribution in [0.15, 0.2) is 29.6 Å². The normalized spacial score (nSPS) is 12.9. The first-order valence-corrected chi connectivity index (χ1v) is 9.42. The smallest absolute Gasteiger partial charge is 0.254 e. The van der Waals surface area contributed by atoms with Crippen LogP contribution >= 0.6 is 23.7 Å². The third-order valence-corrected chi connectivity index (χ3v) is 5.56. The molecule has 0 saturated carbocycles. The van der Waals surface area contributed by atoms with E-state index in [-0.39, 0.29) is 24.2 Å². The topological polar surface area (TPSA) is 75.4 Å². The molecule has 5 nitrogen and oxygen atoms in total. The quantitative estimate of drug-likeness (QED) is 0.817. The number of thiophene rings is 1. The molecule has 26 heavy (non-hydrogen) atoms. The standard InChI is InChI=1S/C19H23N3O2S.ClH/c1-13-15(4-2-5-16(13)21-18(23)6-3-9-20)19(24)22-10-7-17-14(12-22)8-11-25-17;/h2,4-5,8,11H,3,6-7,9-10,12,20H2,1H3,(H,21,23);1H. The number of hydrogen-bond acceptors (Lipinski definition) is 4. The molecule has 140 valence electrons. The van der Waals surface area contributed by atoms with Crippen molar-refractivity contribution < 1.29 is 9.59 Å². The monoisotopic (exact) mass is 393 g/mol. The van der Waals surface area contributed by atoms with Gasteiger partial charge in [0.1, 0.15) is 0 Å². The van der Waals surface area contributed by atoms with Gasteiger partial charge < -0.3 is 16.0 Å². The van der Waals surface area contributed by atoms with Crippen molar-refractivity contribution in [2.45, 2.75) is 32.7 Å². The highest BCUT2D eigenvalue weighted by molar-refractivity contribution is 7.10. The van der Waals surface area contributed by atoms with Gasteiger partial charge in [-0.15, -0.1) is 23.7 Å². The van der Waals surface area contributed by atoms with E-state index < -0.39 is 0 Å². The van der Waals surface area contributed by atoms with Crippen molar-refractivity contribution in [3.05, 3.63) is 51.2 Å². The maximum atomic E-state index is 13.0. The van der Waals surface area contributed by atoms with Gasteiger partial charge in [-0.2, -0.15) is 0 Å². The molecule has 1 aromatic carbocycles. The molecule has 0 unspecified atom stereocenters. The Balaban J connectivity index is 0.00000243. The van der Waals surface area contributed by atoms with E-state index in [9.17, 15) is 9.59 Å². The highest BCUT2D eigenvalue weighted by Crippen LogP contribution is 2.27. The number of nitrogens with zero attached hydrogens (tertiary/aromatic N) is 1. The van der Waals surface area contributed by atoms with Gasteiger partial charge in [-0.1, -0.05) is 6.07 Å². The first-order valence-electron chi connectivity index (χ1n) is 8.54. The number of carbonyl (C=O) groups is 2. The number of carbonyl (C=O) groups excluding carboxylic acids is 2. The molecule has 1 aliphatic rings. The van der Waals surface area contributed by atoms with Crippen LogP contribution in [0.2, 0.25) is 0 Å². The van der Waals surface area contributed by atoms with Crippen molar-refractivity contribution in [3.8, 4) is 0 Å². The molecule has 3 rings (SSSR count). The van der Waals surface area contributed by atoms with Crippen molar-refractivity contribution in [1.29, 1.82) is 0 Å². The van der Waals surface area contributed by atoms with Crippen molar-refractivity contribution in [3.63, 3.8) is 0 Å². The van der Waals surface area contributed by atoms with Crippen LogP contribution in [0.4, 0.5) is 5.69 Å². The first kappa shape index (κ1) is 20.4. The second-order valence-electron chi connectivity index (χ2n) is 6.26. The van der Waals surface area contributed by atoms with E-state index in [4.69, 9.17) is 5.73 Å². The van der Waals surface area contributed by atoms with E-state index in [1.54, 1.807) is 11.3 Å². The van der Waals surface area contributed by atoms with Crippen LogP contribution < -0.4 is 11.1 Å². The Bertz CT molecular complexity index is 791. The summed E-state index contributed by atoms with van der Waals surface area (Å²) >= 11 is 1.76. The van der Waals surface area contributed by atoms with Gasteiger partial charge in [-0.3, -0.25) is 9.59 Å². The molecule has 2 amide bonds. The number of benzene rings is 1. The fraction of sp³-hybridized carbons (Fsp3) is 0.368. The van der Waals surface area contributed by atoms with E-state index in [1.807, 2.05) is 30.0 Å². The number of nitrogens with two attached hydrogens (primary N) is 1. The molecule has 1 aliphatic heterocycles. The third kappa shape index (κ3) is 4.44. The zero-order valence-corrected chi connectivity index (χ0v) is 16.4. The number of rotatable bonds is 5. The number of anilines is 1. The molecule has 7 heteroatoms. The lowest BCUT2D eigenvalue weighted by atomic mass is 10.0. The minimum Gasteiger partial charge on any atom is -0.334 e. The van der Waals surface area contributed by atoms with Gasteiger partial charge >= 0.3 is 0 Å². The molecule has 0 spiro atoms. The van der Waals surface area contributed by atoms with Crippen LogP contribution in [0, 0.1) is 6.92 Å². The van der Waals surface area contributed by atoms with Gasteiger partial charge in [-0.25, -0.2) is 0 Å². The Morgan fingerprint density at radius 1 is 1.31 bits per heavy atom. The van der Waals surface area contributed by atoms with E-state index in [1.165, 1.54) is 10.4 Å². The number of halogens is 1. The van der Waals surface area contributed by atoms with Crippen molar-refractivity contribution in [2.24, 2.45) is 5.73 Å². The molecular weight excluding hydrogens is 370 g/mol. The average molecular weight is 394 g/mol. The minimum atomic E-state index is -0.0703. The third-order valence-electron chi connectivity index (χ3n) is 4.54. The molecule has 0 fully saturated rings. The molecule has 0 aliphatic carbocycles. The van der Waals surface area contributed by atoms with Crippen LogP contribution in [-0.4, -0.2) is 29.8 Å². The Hall–Kier alpha value is -1.89. The lowest BCUT2D eigenvalue weighted by Gasteiger charge is -2.28. The number of amides is 2. The number of hydrogen-bond donors (Lipinski definition) is 2. The van der Waals surface area contributed by atoms with Crippen molar-refractivity contribution >= 4 is 41.2 Å². The summed E-state index contributed by atoms with van der Waals surface area (Å²) in [6.07, 6.45) is 1.95. The van der Waals surface area contributed by atoms with Crippen LogP contribution in [-0.2, 0) is 17.8 Å². The van der Waals surface area contributed by atoms with E-state index >= 15 is 0 Å². The second-order valence-corrected chi connectivity index (χ2v) is 7.26. The average Bonchev–Trinajstić information content (AvgIpc) is 3.09. The summed E-state index contributed by atoms with van der Waals surface area (Å²) in [4.78, 5) is 28.2. The van der Waals surface area contributed by atoms with Crippen LogP contribution in [0.5, 0.6) is 0 Å². The van der Waals surface area contributed by atoms with Crippen molar-refractivity contribution in [1.82, 2.24) is 4.90 Å². The van der Waals surface area contributed by atoms with Crippen LogP contribution in [0.3, 0.4) is 0 Å². The Kier molecular flexibility index (Phi) is 7.20. The van der Waals surface area contributed by atoms with Crippen LogP contribution in [0.25, 0.3) is 0 Å². The highest BCUT2D eigenvalue weighted by Gasteiger charge is 2.24. The van der Waals surface area contributed by atoms with Crippen LogP contribution in [0.1, 0.15) is 39.2 Å². The molecule has 0 atom stereocenters. The van der Waals surface area contributed by atoms with Gasteiger partial charge in [0.2, 0.25) is 5.91 Å². The zero-order chi connectivity index (χ0) is 17.8. The fourth-order valence-electron chi connectivity index (χ4n) is 3.07. The fourth-order valence-corrected chi connectivity index (χ4v) is 3.96. The SMILES string of the molecule is Cc1c(NC(=O)CCCN)cccc1C(=O)N1CCc2sccc2C1.Cl. The van der Waals surface area contributed by atoms with Crippen molar-refractivity contribution in [2.75, 3.05) is 18.4 Å². The minimum absolute atomic E-state index is 0. The Morgan fingerprint density at radius 2 is 2.12 bits per heavy atom. The van der Waals surface area contributed by atoms with E-state index in [2.05, 4.69) is 16.8 Å².